The molecule has 53 heavy (non-hydrogen) atoms. The van der Waals surface area contributed by atoms with Gasteiger partial charge in [-0.15, -0.1) is 69.1 Å². The molecule has 2 nitrogen and oxygen atoms in total. The van der Waals surface area contributed by atoms with E-state index in [4.69, 9.17) is 0 Å². The third-order valence-electron chi connectivity index (χ3n) is 10.2. The zero-order valence-electron chi connectivity index (χ0n) is 30.7. The maximum Gasteiger partial charge on any atom is 4.00 e. The molecule has 2 atom stereocenters. The molecule has 0 radical (unpaired) electrons. The van der Waals surface area contributed by atoms with Gasteiger partial charge in [-0.05, 0) is 59.1 Å². The first kappa shape index (κ1) is 41.6. The third kappa shape index (κ3) is 9.33. The molecule has 0 N–H and O–H groups in total. The minimum absolute atomic E-state index is 0. The van der Waals surface area contributed by atoms with Gasteiger partial charge in [0.2, 0.25) is 0 Å². The largest absolute Gasteiger partial charge is 4.00 e. The Labute approximate surface area is 346 Å². The van der Waals surface area contributed by atoms with E-state index in [1.165, 1.54) is 78.9 Å². The van der Waals surface area contributed by atoms with E-state index in [1.807, 2.05) is 36.7 Å². The summed E-state index contributed by atoms with van der Waals surface area (Å²) in [5.74, 6) is 1.22. The molecule has 2 unspecified atom stereocenters. The predicted octanol–water partition coefficient (Wildman–Crippen LogP) is 7.61. The fraction of sp³-hybridized carbons (Fsp3) is 0.167. The summed E-state index contributed by atoms with van der Waals surface area (Å²) in [5.41, 5.74) is 12.4. The molecule has 5 heteroatoms. The molecule has 0 spiro atoms. The summed E-state index contributed by atoms with van der Waals surface area (Å²) in [6, 6.07) is 52.2. The van der Waals surface area contributed by atoms with E-state index < -0.39 is 0 Å². The minimum atomic E-state index is 0. The number of benzene rings is 4. The number of fused-ring (bicyclic) bond motifs is 2. The van der Waals surface area contributed by atoms with Crippen LogP contribution in [0.5, 0.6) is 0 Å². The molecule has 2 heterocycles. The van der Waals surface area contributed by atoms with Gasteiger partial charge in [0.05, 0.1) is 0 Å². The summed E-state index contributed by atoms with van der Waals surface area (Å²) >= 11 is 0. The van der Waals surface area contributed by atoms with Crippen LogP contribution in [-0.2, 0) is 26.2 Å². The maximum atomic E-state index is 4.49. The Balaban J connectivity index is 0.000000224. The topological polar surface area (TPSA) is 25.8 Å². The number of hydrogen-bond acceptors (Lipinski definition) is 2. The summed E-state index contributed by atoms with van der Waals surface area (Å²) < 4.78 is 0. The Morgan fingerprint density at radius 2 is 0.887 bits per heavy atom. The van der Waals surface area contributed by atoms with Crippen molar-refractivity contribution in [3.05, 3.63) is 169 Å². The standard InChI is InChI=1S/2C24H22N.2ClH.Zr/c2*1-3-17(2)18-10-12-19(13-11-18)22-8-6-7-20-15-21(16-23(20)22)24-9-4-5-14-25-24;;;/h2*4-17H,3H2,1-2H3;2*1H;/q2*-1;;;+4/p-2. The van der Waals surface area contributed by atoms with Gasteiger partial charge in [0.15, 0.2) is 0 Å². The van der Waals surface area contributed by atoms with Crippen molar-refractivity contribution in [3.8, 4) is 44.8 Å². The van der Waals surface area contributed by atoms with E-state index in [1.54, 1.807) is 0 Å². The van der Waals surface area contributed by atoms with E-state index in [0.717, 1.165) is 11.4 Å². The van der Waals surface area contributed by atoms with Crippen LogP contribution >= 0.6 is 0 Å². The normalized spacial score (nSPS) is 11.7. The van der Waals surface area contributed by atoms with Crippen molar-refractivity contribution in [2.45, 2.75) is 52.4 Å². The van der Waals surface area contributed by atoms with Gasteiger partial charge < -0.3 is 24.8 Å². The first-order valence-corrected chi connectivity index (χ1v) is 17.9. The van der Waals surface area contributed by atoms with Crippen LogP contribution in [0, 0.1) is 0 Å². The zero-order chi connectivity index (χ0) is 34.5. The second-order valence-electron chi connectivity index (χ2n) is 13.4. The van der Waals surface area contributed by atoms with Crippen LogP contribution in [0.1, 0.15) is 63.5 Å². The van der Waals surface area contributed by atoms with E-state index in [2.05, 4.69) is 159 Å². The minimum Gasteiger partial charge on any atom is -1.00 e. The number of hydrogen-bond donors (Lipinski definition) is 0. The van der Waals surface area contributed by atoms with Gasteiger partial charge in [0, 0.05) is 23.8 Å². The third-order valence-corrected chi connectivity index (χ3v) is 10.2. The molecule has 0 bridgehead atoms. The molecule has 0 aliphatic rings. The molecule has 0 saturated heterocycles. The Bertz CT molecular complexity index is 2140. The van der Waals surface area contributed by atoms with Crippen LogP contribution in [0.25, 0.3) is 66.3 Å². The quantitative estimate of drug-likeness (QED) is 0.148. The SMILES string of the molecule is CCC(C)c1ccc(-c2cccc3[cH-]c(-c4ccccn4)cc23)cc1.CCC(C)c1ccc(-c2cccc3[cH-]c(-c4ccccn4)cc23)cc1.[Cl-].[Cl-].[Zr+4]. The average molecular weight is 811 g/mol. The molecule has 6 aromatic carbocycles. The van der Waals surface area contributed by atoms with E-state index in [-0.39, 0.29) is 51.0 Å². The van der Waals surface area contributed by atoms with Crippen LogP contribution in [0.2, 0.25) is 0 Å². The Morgan fingerprint density at radius 1 is 0.491 bits per heavy atom. The van der Waals surface area contributed by atoms with Crippen molar-refractivity contribution < 1.29 is 51.0 Å². The van der Waals surface area contributed by atoms with Gasteiger partial charge in [-0.1, -0.05) is 136 Å². The van der Waals surface area contributed by atoms with Crippen molar-refractivity contribution >= 4 is 21.5 Å². The fourth-order valence-electron chi connectivity index (χ4n) is 6.79. The van der Waals surface area contributed by atoms with Crippen LogP contribution < -0.4 is 24.8 Å². The second kappa shape index (κ2) is 19.3. The molecule has 0 amide bonds. The van der Waals surface area contributed by atoms with Crippen molar-refractivity contribution in [1.82, 2.24) is 9.97 Å². The summed E-state index contributed by atoms with van der Waals surface area (Å²) in [5, 5.41) is 5.12. The number of rotatable bonds is 8. The summed E-state index contributed by atoms with van der Waals surface area (Å²) in [7, 11) is 0. The zero-order valence-corrected chi connectivity index (χ0v) is 34.7. The van der Waals surface area contributed by atoms with Crippen LogP contribution in [0.3, 0.4) is 0 Å². The molecular weight excluding hydrogens is 767 g/mol. The molecular formula is C48H44Cl2N2Zr. The Hall–Kier alpha value is -4.14. The number of halogens is 2. The van der Waals surface area contributed by atoms with Gasteiger partial charge in [-0.3, -0.25) is 9.97 Å². The molecule has 8 aromatic rings. The van der Waals surface area contributed by atoms with Gasteiger partial charge in [-0.2, -0.15) is 0 Å². The van der Waals surface area contributed by atoms with Gasteiger partial charge in [0.25, 0.3) is 0 Å². The van der Waals surface area contributed by atoms with E-state index in [9.17, 15) is 0 Å². The average Bonchev–Trinajstić information content (AvgIpc) is 3.84. The summed E-state index contributed by atoms with van der Waals surface area (Å²) in [4.78, 5) is 8.97. The molecule has 264 valence electrons. The fourth-order valence-corrected chi connectivity index (χ4v) is 6.79. The summed E-state index contributed by atoms with van der Waals surface area (Å²) in [6.45, 7) is 9.04. The molecule has 0 saturated carbocycles. The molecule has 2 aromatic heterocycles. The van der Waals surface area contributed by atoms with Gasteiger partial charge in [-0.25, -0.2) is 0 Å². The first-order chi connectivity index (χ1) is 24.5. The van der Waals surface area contributed by atoms with Crippen molar-refractivity contribution in [3.63, 3.8) is 0 Å². The second-order valence-corrected chi connectivity index (χ2v) is 13.4. The monoisotopic (exact) mass is 808 g/mol. The first-order valence-electron chi connectivity index (χ1n) is 17.9. The van der Waals surface area contributed by atoms with Crippen LogP contribution in [0.4, 0.5) is 0 Å². The number of aromatic nitrogens is 2. The van der Waals surface area contributed by atoms with Crippen LogP contribution in [-0.4, -0.2) is 9.97 Å². The number of pyridine rings is 2. The number of nitrogens with zero attached hydrogens (tertiary/aromatic N) is 2. The molecule has 8 rings (SSSR count). The Morgan fingerprint density at radius 3 is 1.23 bits per heavy atom. The summed E-state index contributed by atoms with van der Waals surface area (Å²) in [6.07, 6.45) is 6.04. The molecule has 0 aliphatic carbocycles. The maximum absolute atomic E-state index is 4.49. The van der Waals surface area contributed by atoms with Crippen molar-refractivity contribution in [1.29, 1.82) is 0 Å². The van der Waals surface area contributed by atoms with Crippen LogP contribution in [0.15, 0.2) is 158 Å². The predicted molar refractivity (Wildman–Crippen MR) is 214 cm³/mol. The van der Waals surface area contributed by atoms with Gasteiger partial charge >= 0.3 is 26.2 Å². The molecule has 0 fully saturated rings. The molecule has 0 aliphatic heterocycles. The smallest absolute Gasteiger partial charge is 1.00 e. The van der Waals surface area contributed by atoms with E-state index in [0.29, 0.717) is 11.8 Å². The van der Waals surface area contributed by atoms with Crippen molar-refractivity contribution in [2.75, 3.05) is 0 Å². The Kier molecular flexibility index (Phi) is 15.1. The van der Waals surface area contributed by atoms with E-state index >= 15 is 0 Å². The van der Waals surface area contributed by atoms with Gasteiger partial charge in [0.1, 0.15) is 0 Å². The van der Waals surface area contributed by atoms with Crippen molar-refractivity contribution in [2.24, 2.45) is 0 Å².